The second-order valence-electron chi connectivity index (χ2n) is 7.42. The number of alkyl halides is 6. The molecule has 0 aliphatic carbocycles. The van der Waals surface area contributed by atoms with Gasteiger partial charge in [0.1, 0.15) is 11.6 Å². The molecular formula is C22H20F6N4O2. The van der Waals surface area contributed by atoms with Crippen molar-refractivity contribution >= 4 is 17.5 Å². The Morgan fingerprint density at radius 2 is 1.74 bits per heavy atom. The van der Waals surface area contributed by atoms with Crippen molar-refractivity contribution in [2.24, 2.45) is 0 Å². The van der Waals surface area contributed by atoms with Crippen LogP contribution >= 0.6 is 0 Å². The fraction of sp³-hybridized carbons (Fsp3) is 0.273. The average Bonchev–Trinajstić information content (AvgIpc) is 2.73. The Kier molecular flexibility index (Phi) is 7.20. The lowest BCUT2D eigenvalue weighted by Gasteiger charge is -2.16. The van der Waals surface area contributed by atoms with Crippen molar-refractivity contribution < 1.29 is 36.2 Å². The summed E-state index contributed by atoms with van der Waals surface area (Å²) in [6, 6.07) is 9.63. The molecule has 3 N–H and O–H groups in total. The van der Waals surface area contributed by atoms with Crippen LogP contribution in [0.4, 0.5) is 43.8 Å². The van der Waals surface area contributed by atoms with Crippen molar-refractivity contribution in [3.63, 3.8) is 0 Å². The highest BCUT2D eigenvalue weighted by Gasteiger charge is 2.33. The van der Waals surface area contributed by atoms with Crippen molar-refractivity contribution in [2.45, 2.75) is 32.4 Å². The molecule has 1 atom stereocenters. The Labute approximate surface area is 190 Å². The molecule has 3 aromatic rings. The van der Waals surface area contributed by atoms with Crippen molar-refractivity contribution in [1.82, 2.24) is 9.97 Å². The highest BCUT2D eigenvalue weighted by Crippen LogP contribution is 2.34. The number of aliphatic hydroxyl groups excluding tert-OH is 1. The van der Waals surface area contributed by atoms with Gasteiger partial charge >= 0.3 is 12.5 Å². The molecule has 2 aromatic carbocycles. The lowest BCUT2D eigenvalue weighted by molar-refractivity contribution is -0.274. The Balaban J connectivity index is 2.01. The van der Waals surface area contributed by atoms with Gasteiger partial charge in [-0.1, -0.05) is 18.2 Å². The molecule has 0 saturated heterocycles. The largest absolute Gasteiger partial charge is 0.573 e. The maximum absolute atomic E-state index is 13.3. The van der Waals surface area contributed by atoms with E-state index in [0.29, 0.717) is 0 Å². The average molecular weight is 486 g/mol. The standard InChI is InChI=1S/C22H20F6N4O2/c1-12-6-7-15(9-17(12)21(23,24)25)30-19-10-18(31-20(32-19)29-13(2)11-33)14-4-3-5-16(8-14)34-22(26,27)28/h3-10,13,33H,11H2,1-2H3,(H2,29,30,31,32)/t13-/m1/s1. The van der Waals surface area contributed by atoms with Crippen LogP contribution in [-0.4, -0.2) is 34.1 Å². The van der Waals surface area contributed by atoms with Crippen LogP contribution in [0.2, 0.25) is 0 Å². The molecule has 0 spiro atoms. The van der Waals surface area contributed by atoms with E-state index >= 15 is 0 Å². The fourth-order valence-corrected chi connectivity index (χ4v) is 3.00. The Bertz CT molecular complexity index is 1150. The van der Waals surface area contributed by atoms with Gasteiger partial charge in [-0.15, -0.1) is 13.2 Å². The summed E-state index contributed by atoms with van der Waals surface area (Å²) in [6.45, 7) is 2.71. The van der Waals surface area contributed by atoms with Crippen LogP contribution in [0.1, 0.15) is 18.1 Å². The number of ether oxygens (including phenoxy) is 1. The molecule has 182 valence electrons. The van der Waals surface area contributed by atoms with Gasteiger partial charge in [-0.05, 0) is 43.7 Å². The zero-order valence-corrected chi connectivity index (χ0v) is 17.9. The minimum Gasteiger partial charge on any atom is -0.406 e. The molecule has 0 amide bonds. The van der Waals surface area contributed by atoms with Crippen LogP contribution in [0.15, 0.2) is 48.5 Å². The predicted octanol–water partition coefficient (Wildman–Crippen LogP) is 5.91. The van der Waals surface area contributed by atoms with E-state index in [2.05, 4.69) is 25.3 Å². The van der Waals surface area contributed by atoms with Crippen LogP contribution in [0, 0.1) is 6.92 Å². The normalized spacial score (nSPS) is 12.9. The van der Waals surface area contributed by atoms with Gasteiger partial charge in [0.25, 0.3) is 0 Å². The van der Waals surface area contributed by atoms with E-state index in [4.69, 9.17) is 0 Å². The molecule has 12 heteroatoms. The predicted molar refractivity (Wildman–Crippen MR) is 114 cm³/mol. The number of aliphatic hydroxyl groups is 1. The second kappa shape index (κ2) is 9.75. The minimum atomic E-state index is -4.89. The van der Waals surface area contributed by atoms with E-state index in [1.165, 1.54) is 37.3 Å². The lowest BCUT2D eigenvalue weighted by Crippen LogP contribution is -2.21. The smallest absolute Gasteiger partial charge is 0.406 e. The van der Waals surface area contributed by atoms with Crippen LogP contribution in [0.5, 0.6) is 5.75 Å². The number of halogens is 6. The highest BCUT2D eigenvalue weighted by molar-refractivity contribution is 5.69. The summed E-state index contributed by atoms with van der Waals surface area (Å²) in [7, 11) is 0. The molecule has 0 saturated carbocycles. The molecule has 0 aliphatic rings. The summed E-state index contributed by atoms with van der Waals surface area (Å²) < 4.78 is 81.6. The van der Waals surface area contributed by atoms with E-state index < -0.39 is 29.9 Å². The third kappa shape index (κ3) is 6.73. The van der Waals surface area contributed by atoms with Crippen molar-refractivity contribution in [2.75, 3.05) is 17.2 Å². The summed E-state index contributed by atoms with van der Waals surface area (Å²) in [5, 5.41) is 14.9. The van der Waals surface area contributed by atoms with Gasteiger partial charge in [0.15, 0.2) is 0 Å². The van der Waals surface area contributed by atoms with E-state index in [9.17, 15) is 31.4 Å². The first kappa shape index (κ1) is 25.1. The van der Waals surface area contributed by atoms with Gasteiger partial charge in [-0.2, -0.15) is 18.2 Å². The minimum absolute atomic E-state index is 0.00634. The molecule has 6 nitrogen and oxygen atoms in total. The zero-order chi connectivity index (χ0) is 25.1. The number of aryl methyl sites for hydroxylation is 1. The monoisotopic (exact) mass is 486 g/mol. The lowest BCUT2D eigenvalue weighted by atomic mass is 10.1. The first-order chi connectivity index (χ1) is 15.8. The number of hydrogen-bond donors (Lipinski definition) is 3. The summed E-state index contributed by atoms with van der Waals surface area (Å²) in [5.41, 5.74) is -0.274. The Morgan fingerprint density at radius 1 is 1.00 bits per heavy atom. The van der Waals surface area contributed by atoms with Crippen LogP contribution in [-0.2, 0) is 6.18 Å². The molecule has 1 aromatic heterocycles. The van der Waals surface area contributed by atoms with Gasteiger partial charge < -0.3 is 20.5 Å². The van der Waals surface area contributed by atoms with E-state index in [0.717, 1.165) is 18.2 Å². The molecule has 3 rings (SSSR count). The number of rotatable bonds is 7. The number of aromatic nitrogens is 2. The third-order valence-electron chi connectivity index (χ3n) is 4.55. The van der Waals surface area contributed by atoms with E-state index in [1.54, 1.807) is 6.92 Å². The molecule has 0 aliphatic heterocycles. The molecule has 0 bridgehead atoms. The number of benzene rings is 2. The molecule has 0 radical (unpaired) electrons. The van der Waals surface area contributed by atoms with Gasteiger partial charge in [0, 0.05) is 23.4 Å². The highest BCUT2D eigenvalue weighted by atomic mass is 19.4. The van der Waals surface area contributed by atoms with Gasteiger partial charge in [0.2, 0.25) is 5.95 Å². The van der Waals surface area contributed by atoms with Crippen LogP contribution in [0.3, 0.4) is 0 Å². The van der Waals surface area contributed by atoms with Gasteiger partial charge in [-0.3, -0.25) is 0 Å². The topological polar surface area (TPSA) is 79.3 Å². The fourth-order valence-electron chi connectivity index (χ4n) is 3.00. The molecule has 0 unspecified atom stereocenters. The second-order valence-corrected chi connectivity index (χ2v) is 7.42. The summed E-state index contributed by atoms with van der Waals surface area (Å²) >= 11 is 0. The zero-order valence-electron chi connectivity index (χ0n) is 17.9. The van der Waals surface area contributed by atoms with Gasteiger partial charge in [-0.25, -0.2) is 4.98 Å². The SMILES string of the molecule is Cc1ccc(Nc2cc(-c3cccc(OC(F)(F)F)c3)nc(N[C@H](C)CO)n2)cc1C(F)(F)F. The van der Waals surface area contributed by atoms with E-state index in [-0.39, 0.29) is 40.9 Å². The van der Waals surface area contributed by atoms with Crippen molar-refractivity contribution in [3.05, 3.63) is 59.7 Å². The number of anilines is 3. The quantitative estimate of drug-likeness (QED) is 0.361. The molecule has 1 heterocycles. The first-order valence-corrected chi connectivity index (χ1v) is 9.91. The van der Waals surface area contributed by atoms with Crippen molar-refractivity contribution in [3.8, 4) is 17.0 Å². The number of nitrogens with zero attached hydrogens (tertiary/aromatic N) is 2. The maximum Gasteiger partial charge on any atom is 0.573 e. The summed E-state index contributed by atoms with van der Waals surface area (Å²) in [5.74, 6) is -0.381. The number of hydrogen-bond acceptors (Lipinski definition) is 6. The van der Waals surface area contributed by atoms with Crippen LogP contribution in [0.25, 0.3) is 11.3 Å². The Hall–Kier alpha value is -3.54. The molecular weight excluding hydrogens is 466 g/mol. The van der Waals surface area contributed by atoms with Crippen molar-refractivity contribution in [1.29, 1.82) is 0 Å². The summed E-state index contributed by atoms with van der Waals surface area (Å²) in [6.07, 6.45) is -9.44. The van der Waals surface area contributed by atoms with Crippen LogP contribution < -0.4 is 15.4 Å². The first-order valence-electron chi connectivity index (χ1n) is 9.91. The Morgan fingerprint density at radius 3 is 2.38 bits per heavy atom. The number of nitrogens with one attached hydrogen (secondary N) is 2. The molecule has 0 fully saturated rings. The van der Waals surface area contributed by atoms with E-state index in [1.807, 2.05) is 0 Å². The van der Waals surface area contributed by atoms with Gasteiger partial charge in [0.05, 0.1) is 17.9 Å². The third-order valence-corrected chi connectivity index (χ3v) is 4.55. The maximum atomic E-state index is 13.3. The summed E-state index contributed by atoms with van der Waals surface area (Å²) in [4.78, 5) is 8.45. The molecule has 34 heavy (non-hydrogen) atoms.